The number of carbonyl (C=O) groups excluding carboxylic acids is 1. The van der Waals surface area contributed by atoms with Crippen LogP contribution < -0.4 is 10.6 Å². The van der Waals surface area contributed by atoms with Crippen LogP contribution in [0.25, 0.3) is 0 Å². The number of carbonyl (C=O) groups is 1. The van der Waals surface area contributed by atoms with E-state index in [4.69, 9.17) is 5.73 Å². The lowest BCUT2D eigenvalue weighted by Gasteiger charge is -2.18. The lowest BCUT2D eigenvalue weighted by molar-refractivity contribution is -0.138. The summed E-state index contributed by atoms with van der Waals surface area (Å²) in [5, 5.41) is 0.521. The normalized spacial score (nSPS) is 11.5. The van der Waals surface area contributed by atoms with Crippen molar-refractivity contribution in [2.24, 2.45) is 0 Å². The summed E-state index contributed by atoms with van der Waals surface area (Å²) in [6, 6.07) is 0. The van der Waals surface area contributed by atoms with Gasteiger partial charge in [-0.25, -0.2) is 4.98 Å². The Bertz CT molecular complexity index is 475. The minimum Gasteiger partial charge on any atom is -0.382 e. The molecular formula is C11H17F3N4OS. The number of nitrogens with zero attached hydrogens (tertiary/aromatic N) is 3. The number of aromatic nitrogens is 1. The average molecular weight is 310 g/mol. The van der Waals surface area contributed by atoms with Crippen molar-refractivity contribution in [1.82, 2.24) is 9.88 Å². The monoisotopic (exact) mass is 310 g/mol. The molecule has 0 radical (unpaired) electrons. The predicted molar refractivity (Wildman–Crippen MR) is 73.1 cm³/mol. The highest BCUT2D eigenvalue weighted by atomic mass is 32.1. The maximum absolute atomic E-state index is 12.3. The number of nitrogen functional groups attached to an aromatic ring is 1. The number of alkyl halides is 3. The smallest absolute Gasteiger partial charge is 0.382 e. The molecule has 1 rings (SSSR count). The second-order valence-corrected chi connectivity index (χ2v) is 5.39. The van der Waals surface area contributed by atoms with Gasteiger partial charge in [0.15, 0.2) is 5.13 Å². The molecule has 114 valence electrons. The molecule has 5 nitrogen and oxygen atoms in total. The van der Waals surface area contributed by atoms with E-state index in [1.807, 2.05) is 11.8 Å². The highest BCUT2D eigenvalue weighted by Gasteiger charge is 2.32. The maximum atomic E-state index is 12.3. The van der Waals surface area contributed by atoms with Crippen LogP contribution >= 0.6 is 11.3 Å². The molecule has 1 heterocycles. The van der Waals surface area contributed by atoms with E-state index in [1.165, 1.54) is 0 Å². The van der Waals surface area contributed by atoms with Gasteiger partial charge >= 0.3 is 6.18 Å². The summed E-state index contributed by atoms with van der Waals surface area (Å²) in [4.78, 5) is 18.4. The van der Waals surface area contributed by atoms with Crippen molar-refractivity contribution in [1.29, 1.82) is 0 Å². The molecule has 2 N–H and O–H groups in total. The third-order valence-electron chi connectivity index (χ3n) is 2.49. The predicted octanol–water partition coefficient (Wildman–Crippen LogP) is 2.21. The van der Waals surface area contributed by atoms with Gasteiger partial charge in [-0.15, -0.1) is 0 Å². The zero-order valence-corrected chi connectivity index (χ0v) is 12.3. The highest BCUT2D eigenvalue weighted by molar-refractivity contribution is 7.18. The first kappa shape index (κ1) is 16.5. The Morgan fingerprint density at radius 3 is 2.50 bits per heavy atom. The third kappa shape index (κ3) is 4.26. The number of thiazole rings is 1. The lowest BCUT2D eigenvalue weighted by atomic mass is 10.4. The summed E-state index contributed by atoms with van der Waals surface area (Å²) in [6.07, 6.45) is -3.56. The van der Waals surface area contributed by atoms with E-state index >= 15 is 0 Å². The minimum atomic E-state index is -4.44. The van der Waals surface area contributed by atoms with E-state index in [1.54, 1.807) is 7.05 Å². The Balaban J connectivity index is 2.88. The van der Waals surface area contributed by atoms with Gasteiger partial charge in [-0.1, -0.05) is 18.3 Å². The van der Waals surface area contributed by atoms with Crippen LogP contribution in [0.15, 0.2) is 0 Å². The fourth-order valence-electron chi connectivity index (χ4n) is 1.58. The van der Waals surface area contributed by atoms with Gasteiger partial charge in [-0.2, -0.15) is 13.2 Å². The zero-order valence-electron chi connectivity index (χ0n) is 11.5. The summed E-state index contributed by atoms with van der Waals surface area (Å²) >= 11 is 1.00. The lowest BCUT2D eigenvalue weighted by Crippen LogP contribution is -2.35. The number of hydrogen-bond donors (Lipinski definition) is 1. The third-order valence-corrected chi connectivity index (χ3v) is 3.66. The van der Waals surface area contributed by atoms with Crippen LogP contribution in [0, 0.1) is 0 Å². The highest BCUT2D eigenvalue weighted by Crippen LogP contribution is 2.29. The average Bonchev–Trinajstić information content (AvgIpc) is 2.68. The van der Waals surface area contributed by atoms with Crippen molar-refractivity contribution >= 4 is 28.2 Å². The maximum Gasteiger partial charge on any atom is 0.406 e. The molecular weight excluding hydrogens is 293 g/mol. The molecule has 0 saturated heterocycles. The van der Waals surface area contributed by atoms with Gasteiger partial charge in [-0.3, -0.25) is 4.79 Å². The van der Waals surface area contributed by atoms with E-state index in [2.05, 4.69) is 4.98 Å². The van der Waals surface area contributed by atoms with Crippen molar-refractivity contribution in [2.75, 3.05) is 37.8 Å². The van der Waals surface area contributed by atoms with Crippen molar-refractivity contribution in [2.45, 2.75) is 19.5 Å². The number of rotatable bonds is 5. The Labute approximate surface area is 119 Å². The number of nitrogens with two attached hydrogens (primary N) is 1. The van der Waals surface area contributed by atoms with Crippen LogP contribution in [0.4, 0.5) is 24.1 Å². The molecule has 0 aliphatic carbocycles. The van der Waals surface area contributed by atoms with Crippen LogP contribution in [-0.4, -0.2) is 49.2 Å². The Kier molecular flexibility index (Phi) is 5.21. The van der Waals surface area contributed by atoms with E-state index in [-0.39, 0.29) is 10.7 Å². The second kappa shape index (κ2) is 6.29. The van der Waals surface area contributed by atoms with Crippen molar-refractivity contribution in [3.63, 3.8) is 0 Å². The zero-order chi connectivity index (χ0) is 15.5. The fraction of sp³-hybridized carbons (Fsp3) is 0.636. The van der Waals surface area contributed by atoms with Gasteiger partial charge in [0.2, 0.25) is 0 Å². The quantitative estimate of drug-likeness (QED) is 0.905. The van der Waals surface area contributed by atoms with Gasteiger partial charge in [0.1, 0.15) is 17.2 Å². The summed E-state index contributed by atoms with van der Waals surface area (Å²) in [6.45, 7) is 1.39. The first-order chi connectivity index (χ1) is 9.15. The van der Waals surface area contributed by atoms with Crippen LogP contribution in [0.5, 0.6) is 0 Å². The van der Waals surface area contributed by atoms with Crippen LogP contribution in [-0.2, 0) is 0 Å². The van der Waals surface area contributed by atoms with Gasteiger partial charge in [-0.05, 0) is 6.42 Å². The van der Waals surface area contributed by atoms with Crippen LogP contribution in [0.3, 0.4) is 0 Å². The summed E-state index contributed by atoms with van der Waals surface area (Å²) in [5.41, 5.74) is 5.62. The van der Waals surface area contributed by atoms with Crippen molar-refractivity contribution < 1.29 is 18.0 Å². The Morgan fingerprint density at radius 2 is 2.00 bits per heavy atom. The first-order valence-electron chi connectivity index (χ1n) is 5.95. The number of hydrogen-bond acceptors (Lipinski definition) is 5. The second-order valence-electron chi connectivity index (χ2n) is 4.41. The largest absolute Gasteiger partial charge is 0.406 e. The number of amides is 1. The standard InChI is InChI=1S/C11H17F3N4OS/c1-4-5-17(2)10-16-8(15)7(20-10)9(19)18(3)6-11(12,13)14/h4-6,15H2,1-3H3. The molecule has 0 aromatic carbocycles. The first-order valence-corrected chi connectivity index (χ1v) is 6.77. The molecule has 0 aliphatic rings. The molecule has 0 bridgehead atoms. The van der Waals surface area contributed by atoms with Crippen molar-refractivity contribution in [3.8, 4) is 0 Å². The summed E-state index contributed by atoms with van der Waals surface area (Å²) in [5.74, 6) is -0.805. The molecule has 9 heteroatoms. The Hall–Kier alpha value is -1.51. The van der Waals surface area contributed by atoms with Gasteiger partial charge in [0.25, 0.3) is 5.91 Å². The van der Waals surface area contributed by atoms with E-state index in [0.29, 0.717) is 10.0 Å². The molecule has 0 saturated carbocycles. The SMILES string of the molecule is CCCN(C)c1nc(N)c(C(=O)N(C)CC(F)(F)F)s1. The fourth-order valence-corrected chi connectivity index (χ4v) is 2.55. The van der Waals surface area contributed by atoms with Gasteiger partial charge in [0.05, 0.1) is 0 Å². The summed E-state index contributed by atoms with van der Waals surface area (Å²) in [7, 11) is 2.87. The van der Waals surface area contributed by atoms with Crippen LogP contribution in [0.2, 0.25) is 0 Å². The number of anilines is 2. The molecule has 0 aliphatic heterocycles. The van der Waals surface area contributed by atoms with E-state index < -0.39 is 18.6 Å². The molecule has 0 atom stereocenters. The molecule has 20 heavy (non-hydrogen) atoms. The van der Waals surface area contributed by atoms with E-state index in [9.17, 15) is 18.0 Å². The molecule has 1 aromatic rings. The van der Waals surface area contributed by atoms with Gasteiger partial charge in [0, 0.05) is 20.6 Å². The Morgan fingerprint density at radius 1 is 1.40 bits per heavy atom. The number of halogens is 3. The topological polar surface area (TPSA) is 62.5 Å². The van der Waals surface area contributed by atoms with Crippen LogP contribution in [0.1, 0.15) is 23.0 Å². The molecule has 1 amide bonds. The summed E-state index contributed by atoms with van der Waals surface area (Å²) < 4.78 is 36.8. The molecule has 0 spiro atoms. The van der Waals surface area contributed by atoms with E-state index in [0.717, 1.165) is 31.4 Å². The molecule has 1 aromatic heterocycles. The van der Waals surface area contributed by atoms with Crippen molar-refractivity contribution in [3.05, 3.63) is 4.88 Å². The molecule has 0 unspecified atom stereocenters. The minimum absolute atomic E-state index is 0.0352. The van der Waals surface area contributed by atoms with Gasteiger partial charge < -0.3 is 15.5 Å². The molecule has 0 fully saturated rings.